The standard InChI is InChI=1S/C69H75N23O19/c1-33-27-90(67(109)87-55(33)99)28-45(58(102)80-43(54(70)98)17-9-22-75-64(71)72)81-60(104)47(31-92-62(106)39-14-6-8-16-42(39)85-69(92)111)82-59(103)46(30-91-61(105)38-13-5-7-15-41(38)84-68(91)110)79-51(95)32-88(2)63(107)48(29-89-24-21-49(93)86-66(89)108)83-57(101)44(18-10-23-76-65(73)74)78-50(94)26-77-56(100)34-19-20-37-40(25-34)53(97)36-12-4-3-11-35(36)52(37)96/h3-8,11-16,19-21,24-25,27,43-48H,9-10,17-18,22-23,26,28-32H2,1-2H3,(H2,70,98)(H,77,100)(H,78,94)(H,79,95)(H,80,102)(H,81,104)(H,82,103)(H,83,101)(H,84,110)(H,85,111)(H4,71,72,75)(H4,73,74,76)(H,86,93,108)(H,87,99,109)/t43-,44-,45+,46+,47+,48+/m0/s1. The van der Waals surface area contributed by atoms with Gasteiger partial charge < -0.3 is 79.9 Å². The number of hydrogen-bond donors (Lipinski definition) is 18. The second kappa shape index (κ2) is 35.5. The molecule has 42 nitrogen and oxygen atoms in total. The number of carbonyl (C=O) groups excluding carboxylic acids is 11. The highest BCUT2D eigenvalue weighted by atomic mass is 16.2. The van der Waals surface area contributed by atoms with Gasteiger partial charge in [0.05, 0.1) is 61.1 Å². The van der Waals surface area contributed by atoms with Gasteiger partial charge >= 0.3 is 22.8 Å². The fourth-order valence-electron chi connectivity index (χ4n) is 11.8. The van der Waals surface area contributed by atoms with Crippen molar-refractivity contribution in [3.8, 4) is 0 Å². The molecule has 9 rings (SSSR count). The fraction of sp³-hybridized carbons (Fsp3) is 0.290. The van der Waals surface area contributed by atoms with Gasteiger partial charge in [-0.05, 0) is 75.1 Å². The maximum Gasteiger partial charge on any atom is 0.328 e. The lowest BCUT2D eigenvalue weighted by atomic mass is 9.83. The van der Waals surface area contributed by atoms with Crippen molar-refractivity contribution in [3.63, 3.8) is 0 Å². The number of nitrogens with zero attached hydrogens (tertiary/aromatic N) is 5. The summed E-state index contributed by atoms with van der Waals surface area (Å²) >= 11 is 0. The molecular weight excluding hydrogens is 1450 g/mol. The van der Waals surface area contributed by atoms with Crippen LogP contribution in [0.1, 0.15) is 73.4 Å². The number of aryl methyl sites for hydroxylation is 1. The van der Waals surface area contributed by atoms with Crippen LogP contribution < -0.4 is 110 Å². The third-order valence-corrected chi connectivity index (χ3v) is 17.5. The molecule has 0 spiro atoms. The van der Waals surface area contributed by atoms with E-state index in [9.17, 15) is 81.5 Å². The largest absolute Gasteiger partial charge is 0.370 e. The van der Waals surface area contributed by atoms with Gasteiger partial charge in [-0.1, -0.05) is 48.5 Å². The topological polar surface area (TPSA) is 644 Å². The van der Waals surface area contributed by atoms with Crippen LogP contribution in [0.4, 0.5) is 0 Å². The van der Waals surface area contributed by atoms with E-state index >= 15 is 9.59 Å². The van der Waals surface area contributed by atoms with Crippen LogP contribution in [0.3, 0.4) is 0 Å². The van der Waals surface area contributed by atoms with E-state index in [1.165, 1.54) is 85.8 Å². The summed E-state index contributed by atoms with van der Waals surface area (Å²) in [7, 11) is 1.00. The Labute approximate surface area is 622 Å². The van der Waals surface area contributed by atoms with Crippen molar-refractivity contribution in [2.75, 3.05) is 33.2 Å². The first-order valence-corrected chi connectivity index (χ1v) is 33.9. The lowest BCUT2D eigenvalue weighted by Gasteiger charge is -2.28. The van der Waals surface area contributed by atoms with Crippen LogP contribution in [0.15, 0.2) is 148 Å². The van der Waals surface area contributed by atoms with Crippen LogP contribution in [0, 0.1) is 17.7 Å². The first-order valence-electron chi connectivity index (χ1n) is 33.9. The second-order valence-electron chi connectivity index (χ2n) is 25.5. The first-order chi connectivity index (χ1) is 52.8. The van der Waals surface area contributed by atoms with Crippen LogP contribution in [-0.4, -0.2) is 189 Å². The molecule has 42 heteroatoms. The van der Waals surface area contributed by atoms with Gasteiger partial charge in [0, 0.05) is 72.0 Å². The van der Waals surface area contributed by atoms with Crippen molar-refractivity contribution in [2.24, 2.45) is 17.2 Å². The number of hydrogen-bond acceptors (Lipinski definition) is 21. The average Bonchev–Trinajstić information content (AvgIpc) is 0.762. The van der Waals surface area contributed by atoms with E-state index in [1.807, 2.05) is 9.97 Å². The molecule has 4 aromatic heterocycles. The van der Waals surface area contributed by atoms with E-state index in [2.05, 4.69) is 57.8 Å². The Kier molecular flexibility index (Phi) is 25.7. The number of carbonyl (C=O) groups is 11. The van der Waals surface area contributed by atoms with Crippen LogP contribution in [0.25, 0.3) is 21.8 Å². The van der Waals surface area contributed by atoms with Crippen molar-refractivity contribution in [1.29, 1.82) is 10.8 Å². The summed E-state index contributed by atoms with van der Waals surface area (Å²) in [5.41, 5.74) is 8.19. The van der Waals surface area contributed by atoms with Gasteiger partial charge in [0.1, 0.15) is 36.3 Å². The van der Waals surface area contributed by atoms with E-state index < -0.39 is 197 Å². The number of aromatic amines is 4. The van der Waals surface area contributed by atoms with Crippen molar-refractivity contribution in [1.82, 2.24) is 91.0 Å². The number of guanidine groups is 2. The van der Waals surface area contributed by atoms with Gasteiger partial charge in [0.15, 0.2) is 23.5 Å². The number of rotatable bonds is 33. The molecule has 0 fully saturated rings. The summed E-state index contributed by atoms with van der Waals surface area (Å²) in [4.78, 5) is 273. The molecule has 0 radical (unpaired) electrons. The van der Waals surface area contributed by atoms with Gasteiger partial charge in [0.25, 0.3) is 28.1 Å². The number of H-pyrrole nitrogens is 4. The molecule has 21 N–H and O–H groups in total. The number of benzene rings is 4. The molecular formula is C69H75N23O19. The van der Waals surface area contributed by atoms with Gasteiger partial charge in [-0.25, -0.2) is 19.2 Å². The van der Waals surface area contributed by atoms with Crippen molar-refractivity contribution in [3.05, 3.63) is 226 Å². The maximum absolute atomic E-state index is 15.3. The third kappa shape index (κ3) is 20.0. The quantitative estimate of drug-likeness (QED) is 0.0103. The fourth-order valence-corrected chi connectivity index (χ4v) is 11.8. The number of primary amides is 1. The molecule has 580 valence electrons. The highest BCUT2D eigenvalue weighted by Crippen LogP contribution is 2.28. The number of ketones is 2. The van der Waals surface area contributed by atoms with E-state index in [0.717, 1.165) is 34.6 Å². The molecule has 8 aromatic rings. The lowest BCUT2D eigenvalue weighted by molar-refractivity contribution is -0.140. The van der Waals surface area contributed by atoms with Crippen molar-refractivity contribution in [2.45, 2.75) is 95.0 Å². The molecule has 0 aliphatic heterocycles. The summed E-state index contributed by atoms with van der Waals surface area (Å²) in [5.74, 6) is -12.8. The van der Waals surface area contributed by atoms with Gasteiger partial charge in [-0.15, -0.1) is 0 Å². The minimum absolute atomic E-state index is 0.0108. The Balaban J connectivity index is 1.01. The van der Waals surface area contributed by atoms with Crippen LogP contribution in [0.2, 0.25) is 0 Å². The Bertz CT molecular complexity index is 5610. The molecule has 1 aliphatic carbocycles. The number of likely N-dealkylation sites (N-methyl/N-ethyl adjacent to an activating group) is 1. The summed E-state index contributed by atoms with van der Waals surface area (Å²) in [5, 5.41) is 36.4. The zero-order valence-corrected chi connectivity index (χ0v) is 59.1. The number of para-hydroxylation sites is 2. The molecule has 9 amide bonds. The molecule has 0 unspecified atom stereocenters. The third-order valence-electron chi connectivity index (χ3n) is 17.5. The number of nitrogens with two attached hydrogens (primary N) is 3. The lowest BCUT2D eigenvalue weighted by Crippen LogP contribution is -2.62. The zero-order chi connectivity index (χ0) is 80.7. The number of amides is 9. The Morgan fingerprint density at radius 1 is 0.477 bits per heavy atom. The minimum atomic E-state index is -2.28. The van der Waals surface area contributed by atoms with Gasteiger partial charge in [0.2, 0.25) is 47.3 Å². The monoisotopic (exact) mass is 1530 g/mol. The minimum Gasteiger partial charge on any atom is -0.370 e. The van der Waals surface area contributed by atoms with E-state index in [4.69, 9.17) is 28.0 Å². The molecule has 4 heterocycles. The van der Waals surface area contributed by atoms with E-state index in [0.29, 0.717) is 14.0 Å². The predicted molar refractivity (Wildman–Crippen MR) is 394 cm³/mol. The average molecular weight is 1530 g/mol. The smallest absolute Gasteiger partial charge is 0.328 e. The molecule has 6 atom stereocenters. The molecule has 0 saturated carbocycles. The van der Waals surface area contributed by atoms with E-state index in [-0.39, 0.29) is 94.0 Å². The summed E-state index contributed by atoms with van der Waals surface area (Å²) < 4.78 is 2.50. The summed E-state index contributed by atoms with van der Waals surface area (Å²) in [6, 6.07) is 10.3. The first kappa shape index (κ1) is 80.3. The highest BCUT2D eigenvalue weighted by molar-refractivity contribution is 6.28. The normalized spacial score (nSPS) is 13.1. The van der Waals surface area contributed by atoms with Crippen LogP contribution >= 0.6 is 0 Å². The van der Waals surface area contributed by atoms with Crippen molar-refractivity contribution < 1.29 is 52.7 Å². The Morgan fingerprint density at radius 3 is 1.49 bits per heavy atom. The number of fused-ring (bicyclic) bond motifs is 4. The van der Waals surface area contributed by atoms with Crippen LogP contribution in [-0.2, 0) is 64.5 Å². The van der Waals surface area contributed by atoms with Crippen molar-refractivity contribution >= 4 is 98.5 Å². The maximum atomic E-state index is 15.3. The van der Waals surface area contributed by atoms with Crippen LogP contribution in [0.5, 0.6) is 0 Å². The van der Waals surface area contributed by atoms with Gasteiger partial charge in [-0.3, -0.25) is 111 Å². The summed E-state index contributed by atoms with van der Waals surface area (Å²) in [6.45, 7) is -4.67. The number of nitrogens with one attached hydrogen (secondary N) is 15. The highest BCUT2D eigenvalue weighted by Gasteiger charge is 2.37. The molecule has 4 aromatic carbocycles. The Morgan fingerprint density at radius 2 is 0.937 bits per heavy atom. The zero-order valence-electron chi connectivity index (χ0n) is 59.1. The number of aromatic nitrogens is 8. The Hall–Kier alpha value is -14.8. The molecule has 0 bridgehead atoms. The second-order valence-corrected chi connectivity index (χ2v) is 25.5. The summed E-state index contributed by atoms with van der Waals surface area (Å²) in [6.07, 6.45) is 1.51. The molecule has 1 aliphatic rings. The molecule has 111 heavy (non-hydrogen) atoms. The van der Waals surface area contributed by atoms with E-state index in [1.54, 1.807) is 12.1 Å². The van der Waals surface area contributed by atoms with Gasteiger partial charge in [-0.2, -0.15) is 0 Å². The SMILES string of the molecule is Cc1cn(C[C@@H](NC(=O)[C@@H](Cn2c(=O)[nH]c3ccccc3c2=O)NC(=O)[C@@H](Cn2c(=O)[nH]c3ccccc3c2=O)NC(=O)CN(C)C(=O)[C@@H](Cn2ccc(=O)[nH]c2=O)NC(=O)[C@H](CCCNC(=N)N)NC(=O)CNC(=O)c2ccc3c(c2)C(=O)c2ccccc2C3=O)C(=O)N[C@@H](CCCNC(=N)N)C(N)=O)c(=O)[nH]c1=O. The predicted octanol–water partition coefficient (Wildman–Crippen LogP) is -7.61. The molecule has 0 saturated heterocycles.